The summed E-state index contributed by atoms with van der Waals surface area (Å²) in [5.74, 6) is 0.666. The van der Waals surface area contributed by atoms with Crippen molar-refractivity contribution in [2.24, 2.45) is 0 Å². The number of thiophene rings is 1. The Bertz CT molecular complexity index is 1130. The van der Waals surface area contributed by atoms with Gasteiger partial charge in [0.15, 0.2) is 0 Å². The molecule has 2 amide bonds. The minimum atomic E-state index is -0.168. The predicted octanol–water partition coefficient (Wildman–Crippen LogP) is 5.03. The topological polar surface area (TPSA) is 49.9 Å². The van der Waals surface area contributed by atoms with Crippen LogP contribution in [0.4, 0.5) is 0 Å². The Hall–Kier alpha value is -3.12. The number of carbonyl (C=O) groups is 2. The van der Waals surface area contributed by atoms with Gasteiger partial charge in [-0.25, -0.2) is 0 Å². The van der Waals surface area contributed by atoms with Gasteiger partial charge in [-0.2, -0.15) is 0 Å². The largest absolute Gasteiger partial charge is 0.491 e. The fraction of sp³-hybridized carbons (Fsp3) is 0.333. The molecular weight excluding hydrogens is 432 g/mol. The molecule has 0 saturated carbocycles. The van der Waals surface area contributed by atoms with Crippen LogP contribution in [0.1, 0.15) is 44.9 Å². The summed E-state index contributed by atoms with van der Waals surface area (Å²) in [6, 6.07) is 17.2. The molecule has 5 nitrogen and oxygen atoms in total. The van der Waals surface area contributed by atoms with Gasteiger partial charge in [0, 0.05) is 23.5 Å². The van der Waals surface area contributed by atoms with Gasteiger partial charge in [0.05, 0.1) is 6.04 Å². The lowest BCUT2D eigenvalue weighted by molar-refractivity contribution is -0.135. The van der Waals surface area contributed by atoms with E-state index in [4.69, 9.17) is 4.74 Å². The van der Waals surface area contributed by atoms with Crippen molar-refractivity contribution in [3.8, 4) is 5.75 Å². The van der Waals surface area contributed by atoms with Crippen LogP contribution in [0.25, 0.3) is 0 Å². The van der Waals surface area contributed by atoms with Crippen LogP contribution in [-0.4, -0.2) is 47.9 Å². The van der Waals surface area contributed by atoms with Gasteiger partial charge in [0.1, 0.15) is 18.9 Å². The summed E-state index contributed by atoms with van der Waals surface area (Å²) in [5, 5.41) is 2.08. The zero-order chi connectivity index (χ0) is 23.4. The third-order valence-electron chi connectivity index (χ3n) is 6.16. The molecule has 172 valence electrons. The fourth-order valence-corrected chi connectivity index (χ4v) is 5.28. The third kappa shape index (κ3) is 5.11. The number of aryl methyl sites for hydroxylation is 2. The smallest absolute Gasteiger partial charge is 0.254 e. The highest BCUT2D eigenvalue weighted by Crippen LogP contribution is 2.34. The van der Waals surface area contributed by atoms with Gasteiger partial charge in [-0.1, -0.05) is 35.9 Å². The lowest BCUT2D eigenvalue weighted by Crippen LogP contribution is -2.47. The van der Waals surface area contributed by atoms with Gasteiger partial charge in [0.2, 0.25) is 5.91 Å². The zero-order valence-electron chi connectivity index (χ0n) is 19.4. The first kappa shape index (κ1) is 23.1. The lowest BCUT2D eigenvalue weighted by atomic mass is 10.00. The number of rotatable bonds is 7. The second kappa shape index (κ2) is 10.2. The highest BCUT2D eigenvalue weighted by atomic mass is 32.1. The molecule has 1 aromatic heterocycles. The quantitative estimate of drug-likeness (QED) is 0.495. The molecule has 0 fully saturated rings. The maximum atomic E-state index is 13.4. The number of hydrogen-bond acceptors (Lipinski definition) is 4. The minimum absolute atomic E-state index is 0.0489. The van der Waals surface area contributed by atoms with Crippen LogP contribution in [0.15, 0.2) is 60.0 Å². The number of carbonyl (C=O) groups excluding carboxylic acids is 2. The van der Waals surface area contributed by atoms with Crippen LogP contribution >= 0.6 is 11.3 Å². The molecule has 6 heteroatoms. The molecule has 2 heterocycles. The van der Waals surface area contributed by atoms with E-state index in [1.165, 1.54) is 10.4 Å². The van der Waals surface area contributed by atoms with E-state index in [0.29, 0.717) is 25.3 Å². The SMILES string of the molecule is CCN(CC(=O)N1CCc2sccc2C1COc1ccc(C)cc1C)C(=O)c1ccccc1. The van der Waals surface area contributed by atoms with Crippen LogP contribution in [0.2, 0.25) is 0 Å². The van der Waals surface area contributed by atoms with E-state index in [9.17, 15) is 9.59 Å². The first-order valence-corrected chi connectivity index (χ1v) is 12.3. The second-order valence-electron chi connectivity index (χ2n) is 8.42. The Morgan fingerprint density at radius 1 is 1.12 bits per heavy atom. The monoisotopic (exact) mass is 462 g/mol. The van der Waals surface area contributed by atoms with Gasteiger partial charge in [-0.15, -0.1) is 11.3 Å². The summed E-state index contributed by atoms with van der Waals surface area (Å²) in [4.78, 5) is 31.2. The van der Waals surface area contributed by atoms with Crippen LogP contribution in [0, 0.1) is 13.8 Å². The molecule has 0 saturated heterocycles. The van der Waals surface area contributed by atoms with Gasteiger partial charge in [-0.3, -0.25) is 9.59 Å². The van der Waals surface area contributed by atoms with E-state index in [1.807, 2.05) is 49.1 Å². The van der Waals surface area contributed by atoms with Crippen LogP contribution in [0.3, 0.4) is 0 Å². The van der Waals surface area contributed by atoms with E-state index < -0.39 is 0 Å². The molecule has 0 N–H and O–H groups in total. The summed E-state index contributed by atoms with van der Waals surface area (Å²) in [6.07, 6.45) is 0.831. The molecule has 0 spiro atoms. The molecule has 1 unspecified atom stereocenters. The summed E-state index contributed by atoms with van der Waals surface area (Å²) in [5.41, 5.74) is 4.03. The van der Waals surface area contributed by atoms with Crippen molar-refractivity contribution in [2.45, 2.75) is 33.2 Å². The Kier molecular flexibility index (Phi) is 7.14. The highest BCUT2D eigenvalue weighted by Gasteiger charge is 2.33. The summed E-state index contributed by atoms with van der Waals surface area (Å²) in [6.45, 7) is 7.55. The van der Waals surface area contributed by atoms with Crippen molar-refractivity contribution in [1.82, 2.24) is 9.80 Å². The van der Waals surface area contributed by atoms with Crippen LogP contribution in [0.5, 0.6) is 5.75 Å². The predicted molar refractivity (Wildman–Crippen MR) is 132 cm³/mol. The first-order valence-electron chi connectivity index (χ1n) is 11.4. The van der Waals surface area contributed by atoms with Crippen molar-refractivity contribution in [1.29, 1.82) is 0 Å². The first-order chi connectivity index (χ1) is 16.0. The number of ether oxygens (including phenoxy) is 1. The van der Waals surface area contributed by atoms with Crippen molar-refractivity contribution in [3.05, 3.63) is 87.1 Å². The molecule has 3 aromatic rings. The molecule has 0 radical (unpaired) electrons. The molecule has 0 aliphatic carbocycles. The summed E-state index contributed by atoms with van der Waals surface area (Å²) < 4.78 is 6.22. The van der Waals surface area contributed by atoms with E-state index in [-0.39, 0.29) is 24.4 Å². The Balaban J connectivity index is 1.51. The molecule has 1 aliphatic rings. The van der Waals surface area contributed by atoms with Gasteiger partial charge < -0.3 is 14.5 Å². The molecule has 2 aromatic carbocycles. The Morgan fingerprint density at radius 2 is 1.91 bits per heavy atom. The number of nitrogens with zero attached hydrogens (tertiary/aromatic N) is 2. The van der Waals surface area contributed by atoms with Crippen molar-refractivity contribution in [2.75, 3.05) is 26.2 Å². The van der Waals surface area contributed by atoms with E-state index in [1.54, 1.807) is 28.4 Å². The fourth-order valence-electron chi connectivity index (χ4n) is 4.35. The van der Waals surface area contributed by atoms with Crippen molar-refractivity contribution < 1.29 is 14.3 Å². The normalized spacial score (nSPS) is 15.1. The molecule has 0 bridgehead atoms. The molecule has 1 atom stereocenters. The second-order valence-corrected chi connectivity index (χ2v) is 9.42. The van der Waals surface area contributed by atoms with Gasteiger partial charge in [-0.05, 0) is 68.0 Å². The number of fused-ring (bicyclic) bond motifs is 1. The lowest BCUT2D eigenvalue weighted by Gasteiger charge is -2.37. The maximum absolute atomic E-state index is 13.4. The van der Waals surface area contributed by atoms with E-state index >= 15 is 0 Å². The molecule has 1 aliphatic heterocycles. The standard InChI is InChI=1S/C27H30N2O3S/c1-4-28(27(31)21-8-6-5-7-9-21)17-26(30)29-14-12-25-22(13-15-33-25)23(29)18-32-24-11-10-19(2)16-20(24)3/h5-11,13,15-16,23H,4,12,14,17-18H2,1-3H3. The zero-order valence-corrected chi connectivity index (χ0v) is 20.2. The maximum Gasteiger partial charge on any atom is 0.254 e. The van der Waals surface area contributed by atoms with Gasteiger partial charge in [0.25, 0.3) is 5.91 Å². The van der Waals surface area contributed by atoms with Crippen LogP contribution < -0.4 is 4.74 Å². The highest BCUT2D eigenvalue weighted by molar-refractivity contribution is 7.10. The molecular formula is C27H30N2O3S. The van der Waals surface area contributed by atoms with E-state index in [0.717, 1.165) is 23.3 Å². The molecule has 4 rings (SSSR count). The summed E-state index contributed by atoms with van der Waals surface area (Å²) in [7, 11) is 0. The van der Waals surface area contributed by atoms with E-state index in [2.05, 4.69) is 24.4 Å². The average molecular weight is 463 g/mol. The Labute approximate surface area is 199 Å². The van der Waals surface area contributed by atoms with Crippen molar-refractivity contribution in [3.63, 3.8) is 0 Å². The number of amides is 2. The average Bonchev–Trinajstić information content (AvgIpc) is 3.31. The summed E-state index contributed by atoms with van der Waals surface area (Å²) >= 11 is 1.73. The number of hydrogen-bond donors (Lipinski definition) is 0. The Morgan fingerprint density at radius 3 is 2.64 bits per heavy atom. The van der Waals surface area contributed by atoms with Crippen molar-refractivity contribution >= 4 is 23.2 Å². The number of likely N-dealkylation sites (N-methyl/N-ethyl adjacent to an activating group) is 1. The van der Waals surface area contributed by atoms with Crippen LogP contribution in [-0.2, 0) is 11.2 Å². The van der Waals surface area contributed by atoms with Gasteiger partial charge >= 0.3 is 0 Å². The number of benzene rings is 2. The third-order valence-corrected chi connectivity index (χ3v) is 7.15. The molecule has 33 heavy (non-hydrogen) atoms. The minimum Gasteiger partial charge on any atom is -0.491 e.